The summed E-state index contributed by atoms with van der Waals surface area (Å²) < 4.78 is 19.2. The zero-order chi connectivity index (χ0) is 14.7. The Kier molecular flexibility index (Phi) is 6.02. The lowest BCUT2D eigenvalue weighted by Crippen LogP contribution is -2.41. The van der Waals surface area contributed by atoms with Crippen molar-refractivity contribution in [1.29, 1.82) is 0 Å². The van der Waals surface area contributed by atoms with Crippen molar-refractivity contribution in [2.24, 2.45) is 10.4 Å². The molecule has 1 spiro atoms. The molecule has 122 valence electrons. The Morgan fingerprint density at radius 2 is 2.23 bits per heavy atom. The molecule has 4 nitrogen and oxygen atoms in total. The molecule has 6 heteroatoms. The van der Waals surface area contributed by atoms with E-state index in [1.165, 1.54) is 6.07 Å². The molecule has 2 heterocycles. The SMILES string of the molecule is CN=C(NCc1ccccc1F)N1CCC2(CCOC2)C1.I. The molecule has 1 N–H and O–H groups in total. The third kappa shape index (κ3) is 3.71. The van der Waals surface area contributed by atoms with Crippen molar-refractivity contribution in [3.8, 4) is 0 Å². The molecule has 2 saturated heterocycles. The molecule has 0 aliphatic carbocycles. The summed E-state index contributed by atoms with van der Waals surface area (Å²) in [5.74, 6) is 0.671. The molecule has 0 aromatic heterocycles. The van der Waals surface area contributed by atoms with E-state index in [2.05, 4.69) is 15.2 Å². The minimum atomic E-state index is -0.178. The average Bonchev–Trinajstić information content (AvgIpc) is 3.12. The number of likely N-dealkylation sites (tertiary alicyclic amines) is 1. The Hall–Kier alpha value is -0.890. The number of aliphatic imine (C=N–C) groups is 1. The van der Waals surface area contributed by atoms with Gasteiger partial charge in [0, 0.05) is 44.3 Å². The van der Waals surface area contributed by atoms with Gasteiger partial charge in [-0.2, -0.15) is 0 Å². The van der Waals surface area contributed by atoms with Gasteiger partial charge in [0.05, 0.1) is 6.61 Å². The van der Waals surface area contributed by atoms with E-state index in [1.807, 2.05) is 6.07 Å². The fourth-order valence-corrected chi connectivity index (χ4v) is 3.24. The molecular weight excluding hydrogens is 396 g/mol. The van der Waals surface area contributed by atoms with Gasteiger partial charge in [0.25, 0.3) is 0 Å². The lowest BCUT2D eigenvalue weighted by atomic mass is 9.87. The summed E-state index contributed by atoms with van der Waals surface area (Å²) in [4.78, 5) is 6.60. The first-order valence-electron chi connectivity index (χ1n) is 7.49. The van der Waals surface area contributed by atoms with Crippen LogP contribution in [0.15, 0.2) is 29.3 Å². The van der Waals surface area contributed by atoms with Gasteiger partial charge >= 0.3 is 0 Å². The summed E-state index contributed by atoms with van der Waals surface area (Å²) in [5.41, 5.74) is 0.965. The lowest BCUT2D eigenvalue weighted by Gasteiger charge is -2.25. The number of guanidine groups is 1. The third-order valence-corrected chi connectivity index (χ3v) is 4.53. The molecule has 2 fully saturated rings. The van der Waals surface area contributed by atoms with Crippen LogP contribution >= 0.6 is 24.0 Å². The summed E-state index contributed by atoms with van der Waals surface area (Å²) in [7, 11) is 1.78. The average molecular weight is 419 g/mol. The largest absolute Gasteiger partial charge is 0.381 e. The van der Waals surface area contributed by atoms with Gasteiger partial charge in [-0.05, 0) is 18.9 Å². The van der Waals surface area contributed by atoms with Crippen molar-refractivity contribution >= 4 is 29.9 Å². The van der Waals surface area contributed by atoms with Crippen LogP contribution in [0, 0.1) is 11.2 Å². The number of hydrogen-bond acceptors (Lipinski definition) is 2. The number of ether oxygens (including phenoxy) is 1. The highest BCUT2D eigenvalue weighted by Crippen LogP contribution is 2.38. The number of hydrogen-bond donors (Lipinski definition) is 1. The highest BCUT2D eigenvalue weighted by Gasteiger charge is 2.42. The smallest absolute Gasteiger partial charge is 0.193 e. The first-order chi connectivity index (χ1) is 10.2. The fraction of sp³-hybridized carbons (Fsp3) is 0.562. The van der Waals surface area contributed by atoms with Gasteiger partial charge in [0.15, 0.2) is 5.96 Å². The van der Waals surface area contributed by atoms with Crippen molar-refractivity contribution in [2.45, 2.75) is 19.4 Å². The van der Waals surface area contributed by atoms with Crippen LogP contribution in [-0.4, -0.2) is 44.2 Å². The van der Waals surface area contributed by atoms with Gasteiger partial charge < -0.3 is 15.0 Å². The Morgan fingerprint density at radius 3 is 2.91 bits per heavy atom. The van der Waals surface area contributed by atoms with Gasteiger partial charge in [0.1, 0.15) is 5.82 Å². The quantitative estimate of drug-likeness (QED) is 0.455. The number of nitrogens with zero attached hydrogens (tertiary/aromatic N) is 2. The highest BCUT2D eigenvalue weighted by atomic mass is 127. The Balaban J connectivity index is 0.00000176. The van der Waals surface area contributed by atoms with Crippen LogP contribution in [0.25, 0.3) is 0 Å². The number of rotatable bonds is 2. The molecular formula is C16H23FIN3O. The standard InChI is InChI=1S/C16H22FN3O.HI/c1-18-15(19-10-13-4-2-3-5-14(13)17)20-8-6-16(11-20)7-9-21-12-16;/h2-5H,6-12H2,1H3,(H,18,19);1H. The maximum atomic E-state index is 13.7. The molecule has 2 aliphatic rings. The number of halogens is 2. The molecule has 1 aromatic carbocycles. The minimum Gasteiger partial charge on any atom is -0.381 e. The predicted molar refractivity (Wildman–Crippen MR) is 96.1 cm³/mol. The Bertz CT molecular complexity index is 532. The van der Waals surface area contributed by atoms with Gasteiger partial charge in [-0.25, -0.2) is 4.39 Å². The number of nitrogens with one attached hydrogen (secondary N) is 1. The van der Waals surface area contributed by atoms with E-state index in [4.69, 9.17) is 4.74 Å². The number of benzene rings is 1. The van der Waals surface area contributed by atoms with Crippen molar-refractivity contribution in [2.75, 3.05) is 33.4 Å². The predicted octanol–water partition coefficient (Wildman–Crippen LogP) is 2.63. The topological polar surface area (TPSA) is 36.9 Å². The highest BCUT2D eigenvalue weighted by molar-refractivity contribution is 14.0. The van der Waals surface area contributed by atoms with Crippen LogP contribution in [0.3, 0.4) is 0 Å². The lowest BCUT2D eigenvalue weighted by molar-refractivity contribution is 0.156. The Labute approximate surface area is 148 Å². The molecule has 22 heavy (non-hydrogen) atoms. The van der Waals surface area contributed by atoms with Crippen molar-refractivity contribution in [1.82, 2.24) is 10.2 Å². The zero-order valence-corrected chi connectivity index (χ0v) is 15.2. The molecule has 0 amide bonds. The van der Waals surface area contributed by atoms with Crippen LogP contribution in [0.5, 0.6) is 0 Å². The van der Waals surface area contributed by atoms with E-state index in [0.29, 0.717) is 17.5 Å². The second-order valence-corrected chi connectivity index (χ2v) is 5.97. The summed E-state index contributed by atoms with van der Waals surface area (Å²) in [5, 5.41) is 3.27. The van der Waals surface area contributed by atoms with Crippen molar-refractivity contribution < 1.29 is 9.13 Å². The fourth-order valence-electron chi connectivity index (χ4n) is 3.24. The molecule has 2 aliphatic heterocycles. The van der Waals surface area contributed by atoms with Crippen LogP contribution < -0.4 is 5.32 Å². The second-order valence-electron chi connectivity index (χ2n) is 5.97. The summed E-state index contributed by atoms with van der Waals surface area (Å²) in [6.07, 6.45) is 2.28. The third-order valence-electron chi connectivity index (χ3n) is 4.53. The molecule has 0 radical (unpaired) electrons. The van der Waals surface area contributed by atoms with E-state index in [9.17, 15) is 4.39 Å². The summed E-state index contributed by atoms with van der Waals surface area (Å²) in [6, 6.07) is 6.84. The zero-order valence-electron chi connectivity index (χ0n) is 12.8. The van der Waals surface area contributed by atoms with Gasteiger partial charge in [-0.1, -0.05) is 18.2 Å². The molecule has 1 aromatic rings. The summed E-state index contributed by atoms with van der Waals surface area (Å²) in [6.45, 7) is 4.15. The first-order valence-corrected chi connectivity index (χ1v) is 7.49. The normalized spacial score (nSPS) is 24.6. The van der Waals surface area contributed by atoms with Crippen LogP contribution in [0.4, 0.5) is 4.39 Å². The molecule has 0 bridgehead atoms. The van der Waals surface area contributed by atoms with E-state index < -0.39 is 0 Å². The van der Waals surface area contributed by atoms with Crippen LogP contribution in [-0.2, 0) is 11.3 Å². The second kappa shape index (κ2) is 7.59. The monoisotopic (exact) mass is 419 g/mol. The maximum Gasteiger partial charge on any atom is 0.193 e. The van der Waals surface area contributed by atoms with Gasteiger partial charge in [-0.3, -0.25) is 4.99 Å². The van der Waals surface area contributed by atoms with Crippen molar-refractivity contribution in [3.05, 3.63) is 35.6 Å². The molecule has 1 atom stereocenters. The van der Waals surface area contributed by atoms with Gasteiger partial charge in [-0.15, -0.1) is 24.0 Å². The molecule has 1 unspecified atom stereocenters. The van der Waals surface area contributed by atoms with E-state index >= 15 is 0 Å². The van der Waals surface area contributed by atoms with E-state index in [0.717, 1.165) is 45.1 Å². The van der Waals surface area contributed by atoms with Gasteiger partial charge in [0.2, 0.25) is 0 Å². The van der Waals surface area contributed by atoms with Crippen LogP contribution in [0.2, 0.25) is 0 Å². The summed E-state index contributed by atoms with van der Waals surface area (Å²) >= 11 is 0. The Morgan fingerprint density at radius 1 is 1.41 bits per heavy atom. The van der Waals surface area contributed by atoms with Crippen molar-refractivity contribution in [3.63, 3.8) is 0 Å². The van der Waals surface area contributed by atoms with E-state index in [-0.39, 0.29) is 29.8 Å². The maximum absolute atomic E-state index is 13.7. The molecule has 0 saturated carbocycles. The van der Waals surface area contributed by atoms with E-state index in [1.54, 1.807) is 19.2 Å². The minimum absolute atomic E-state index is 0. The molecule has 3 rings (SSSR count). The first kappa shape index (κ1) is 17.5. The van der Waals surface area contributed by atoms with Crippen LogP contribution in [0.1, 0.15) is 18.4 Å².